The quantitative estimate of drug-likeness (QED) is 0.302. The van der Waals surface area contributed by atoms with Crippen LogP contribution in [-0.4, -0.2) is 56.8 Å². The van der Waals surface area contributed by atoms with Crippen LogP contribution in [0.4, 0.5) is 24.8 Å². The number of carbonyl (C=O) groups is 2. The van der Waals surface area contributed by atoms with Gasteiger partial charge in [0.25, 0.3) is 5.91 Å². The van der Waals surface area contributed by atoms with Gasteiger partial charge in [0, 0.05) is 42.3 Å². The lowest BCUT2D eigenvalue weighted by atomic mass is 9.65. The molecule has 0 aliphatic carbocycles. The molecule has 5 heterocycles. The summed E-state index contributed by atoms with van der Waals surface area (Å²) in [6, 6.07) is 8.26. The molecule has 1 aromatic carbocycles. The number of nitrogen functional groups attached to an aromatic ring is 1. The summed E-state index contributed by atoms with van der Waals surface area (Å²) in [5.74, 6) is 0.00385. The van der Waals surface area contributed by atoms with Crippen molar-refractivity contribution in [3.05, 3.63) is 71.9 Å². The number of nitrogens with two attached hydrogens (primary N) is 1. The maximum absolute atomic E-state index is 14.2. The molecule has 2 atom stereocenters. The van der Waals surface area contributed by atoms with Gasteiger partial charge in [-0.15, -0.1) is 0 Å². The van der Waals surface area contributed by atoms with E-state index in [0.29, 0.717) is 48.8 Å². The molecule has 4 N–H and O–H groups in total. The number of benzene rings is 1. The van der Waals surface area contributed by atoms with Crippen molar-refractivity contribution in [3.63, 3.8) is 0 Å². The van der Waals surface area contributed by atoms with Crippen molar-refractivity contribution in [2.75, 3.05) is 30.8 Å². The summed E-state index contributed by atoms with van der Waals surface area (Å²) < 4.78 is 46.5. The molecule has 0 bridgehead atoms. The van der Waals surface area contributed by atoms with E-state index in [1.54, 1.807) is 24.5 Å². The number of carbonyl (C=O) groups excluding carboxylic acids is 2. The Kier molecular flexibility index (Phi) is 6.97. The van der Waals surface area contributed by atoms with Crippen LogP contribution in [0.2, 0.25) is 0 Å². The zero-order valence-electron chi connectivity index (χ0n) is 23.5. The molecular weight excluding hydrogens is 563 g/mol. The van der Waals surface area contributed by atoms with Crippen LogP contribution in [0.25, 0.3) is 16.8 Å². The van der Waals surface area contributed by atoms with Crippen molar-refractivity contribution in [1.82, 2.24) is 24.7 Å². The van der Waals surface area contributed by atoms with E-state index in [1.807, 2.05) is 11.3 Å². The fourth-order valence-corrected chi connectivity index (χ4v) is 5.85. The van der Waals surface area contributed by atoms with Gasteiger partial charge < -0.3 is 21.1 Å². The molecule has 10 nitrogen and oxygen atoms in total. The highest BCUT2D eigenvalue weighted by Gasteiger charge is 2.55. The monoisotopic (exact) mass is 593 g/mol. The Labute approximate surface area is 244 Å². The highest BCUT2D eigenvalue weighted by molar-refractivity contribution is 6.04. The minimum Gasteiger partial charge on any atom is -0.382 e. The number of nitrogens with one attached hydrogen (secondary N) is 2. The molecule has 0 spiro atoms. The van der Waals surface area contributed by atoms with Crippen LogP contribution in [0.3, 0.4) is 0 Å². The van der Waals surface area contributed by atoms with Gasteiger partial charge in [-0.25, -0.2) is 15.0 Å². The Hall–Kier alpha value is -4.36. The van der Waals surface area contributed by atoms with E-state index in [2.05, 4.69) is 27.5 Å². The summed E-state index contributed by atoms with van der Waals surface area (Å²) in [6.07, 6.45) is 1.11. The molecule has 2 saturated heterocycles. The molecule has 43 heavy (non-hydrogen) atoms. The number of fused-ring (bicyclic) bond motifs is 1. The Morgan fingerprint density at radius 1 is 1.14 bits per heavy atom. The first-order valence-electron chi connectivity index (χ1n) is 13.9. The smallest absolute Gasteiger partial charge is 0.382 e. The van der Waals surface area contributed by atoms with Crippen molar-refractivity contribution in [2.24, 2.45) is 5.41 Å². The maximum Gasteiger partial charge on any atom is 0.416 e. The normalized spacial score (nSPS) is 21.7. The summed E-state index contributed by atoms with van der Waals surface area (Å²) in [5.41, 5.74) is 5.73. The zero-order chi connectivity index (χ0) is 30.6. The average Bonchev–Trinajstić information content (AvgIpc) is 3.37. The second kappa shape index (κ2) is 10.4. The second-order valence-electron chi connectivity index (χ2n) is 11.6. The van der Waals surface area contributed by atoms with Gasteiger partial charge in [0.2, 0.25) is 0 Å². The summed E-state index contributed by atoms with van der Waals surface area (Å²) in [6.45, 7) is 5.11. The first kappa shape index (κ1) is 28.7. The van der Waals surface area contributed by atoms with Gasteiger partial charge in [0.05, 0.1) is 24.2 Å². The number of ketones is 1. The number of alkyl halides is 3. The molecular formula is C30H30F3N7O3. The van der Waals surface area contributed by atoms with Crippen LogP contribution in [0.15, 0.2) is 55.0 Å². The first-order chi connectivity index (χ1) is 20.4. The molecule has 0 radical (unpaired) electrons. The minimum atomic E-state index is -4.56. The van der Waals surface area contributed by atoms with Crippen LogP contribution < -0.4 is 16.4 Å². The number of piperidine rings is 1. The predicted octanol–water partition coefficient (Wildman–Crippen LogP) is 4.26. The molecule has 2 aliphatic rings. The van der Waals surface area contributed by atoms with Gasteiger partial charge in [0.15, 0.2) is 5.78 Å². The highest BCUT2D eigenvalue weighted by atomic mass is 19.4. The maximum atomic E-state index is 14.2. The van der Waals surface area contributed by atoms with Crippen LogP contribution in [0, 0.1) is 5.41 Å². The van der Waals surface area contributed by atoms with Crippen molar-refractivity contribution in [1.29, 1.82) is 0 Å². The number of pyridine rings is 1. The zero-order valence-corrected chi connectivity index (χ0v) is 23.5. The van der Waals surface area contributed by atoms with Gasteiger partial charge in [-0.2, -0.15) is 13.2 Å². The van der Waals surface area contributed by atoms with E-state index in [4.69, 9.17) is 15.5 Å². The third-order valence-electron chi connectivity index (χ3n) is 8.34. The molecule has 13 heteroatoms. The summed E-state index contributed by atoms with van der Waals surface area (Å²) >= 11 is 0. The van der Waals surface area contributed by atoms with Crippen molar-refractivity contribution in [2.45, 2.75) is 44.3 Å². The number of hydrogen-bond donors (Lipinski definition) is 3. The Morgan fingerprint density at radius 3 is 2.51 bits per heavy atom. The minimum absolute atomic E-state index is 0.0645. The molecule has 3 aromatic heterocycles. The number of aromatic nitrogens is 4. The van der Waals surface area contributed by atoms with Crippen molar-refractivity contribution < 1.29 is 27.5 Å². The van der Waals surface area contributed by atoms with E-state index >= 15 is 0 Å². The lowest BCUT2D eigenvalue weighted by Gasteiger charge is -2.46. The van der Waals surface area contributed by atoms with Gasteiger partial charge >= 0.3 is 6.18 Å². The Balaban J connectivity index is 1.37. The van der Waals surface area contributed by atoms with Gasteiger partial charge in [-0.1, -0.05) is 12.1 Å². The van der Waals surface area contributed by atoms with Crippen molar-refractivity contribution >= 4 is 28.8 Å². The Morgan fingerprint density at radius 2 is 1.88 bits per heavy atom. The summed E-state index contributed by atoms with van der Waals surface area (Å²) in [7, 11) is 0. The SMILES string of the molecule is C[C@@H]1CC[C@](C(=O)C2(C)COC2)(c2nc(-c3ccc(C(=O)Nc4cc(C(F)(F)F)ccn4)cc3)c3c(N)nccn23)CN1. The molecule has 4 aromatic rings. The highest BCUT2D eigenvalue weighted by Crippen LogP contribution is 2.44. The number of hydrogen-bond acceptors (Lipinski definition) is 8. The van der Waals surface area contributed by atoms with Crippen molar-refractivity contribution in [3.8, 4) is 11.3 Å². The average molecular weight is 594 g/mol. The van der Waals surface area contributed by atoms with E-state index in [-0.39, 0.29) is 29.0 Å². The molecule has 6 rings (SSSR count). The van der Waals surface area contributed by atoms with E-state index in [9.17, 15) is 22.8 Å². The molecule has 1 amide bonds. The van der Waals surface area contributed by atoms with Gasteiger partial charge in [0.1, 0.15) is 34.1 Å². The molecule has 0 unspecified atom stereocenters. The van der Waals surface area contributed by atoms with E-state index in [1.165, 1.54) is 12.1 Å². The standard InChI is InChI=1S/C30H30F3N7O3/c1-17-7-9-29(14-37-17,26(42)28(2)15-43-16-28)27-39-22(23-24(34)36-11-12-40(23)27)18-3-5-19(6-4-18)25(41)38-21-13-20(8-10-35-21)30(31,32)33/h3-6,8,10-13,17,37H,7,9,14-16H2,1-2H3,(H2,34,36)(H,35,38,41)/t17-,29+/m1/s1. The van der Waals surface area contributed by atoms with Crippen LogP contribution in [0.5, 0.6) is 0 Å². The van der Waals surface area contributed by atoms with E-state index < -0.39 is 28.5 Å². The fourth-order valence-electron chi connectivity index (χ4n) is 5.85. The lowest BCUT2D eigenvalue weighted by molar-refractivity contribution is -0.162. The topological polar surface area (TPSA) is 137 Å². The van der Waals surface area contributed by atoms with E-state index in [0.717, 1.165) is 24.8 Å². The first-order valence-corrected chi connectivity index (χ1v) is 13.9. The van der Waals surface area contributed by atoms with Gasteiger partial charge in [-0.05, 0) is 51.0 Å². The number of Topliss-reactive ketones (excluding diaryl/α,β-unsaturated/α-hetero) is 1. The molecule has 2 fully saturated rings. The lowest BCUT2D eigenvalue weighted by Crippen LogP contribution is -2.61. The number of anilines is 2. The predicted molar refractivity (Wildman–Crippen MR) is 152 cm³/mol. The second-order valence-corrected chi connectivity index (χ2v) is 11.6. The number of ether oxygens (including phenoxy) is 1. The molecule has 224 valence electrons. The number of halogens is 3. The number of nitrogens with zero attached hydrogens (tertiary/aromatic N) is 4. The third-order valence-corrected chi connectivity index (χ3v) is 8.34. The number of rotatable bonds is 6. The number of imidazole rings is 1. The van der Waals surface area contributed by atoms with Gasteiger partial charge in [-0.3, -0.25) is 14.0 Å². The molecule has 0 saturated carbocycles. The molecule has 2 aliphatic heterocycles. The van der Waals surface area contributed by atoms with Crippen LogP contribution in [-0.2, 0) is 21.1 Å². The largest absolute Gasteiger partial charge is 0.416 e. The number of amides is 1. The summed E-state index contributed by atoms with van der Waals surface area (Å²) in [5, 5.41) is 5.89. The summed E-state index contributed by atoms with van der Waals surface area (Å²) in [4.78, 5) is 40.2. The third kappa shape index (κ3) is 5.01. The fraction of sp³-hybridized carbons (Fsp3) is 0.367. The van der Waals surface area contributed by atoms with Crippen LogP contribution >= 0.6 is 0 Å². The Bertz CT molecular complexity index is 1710. The van der Waals surface area contributed by atoms with Crippen LogP contribution in [0.1, 0.15) is 48.4 Å².